The first-order valence-electron chi connectivity index (χ1n) is 7.16. The summed E-state index contributed by atoms with van der Waals surface area (Å²) in [6.45, 7) is 3.86. The predicted molar refractivity (Wildman–Crippen MR) is 77.5 cm³/mol. The molecular formula is C16H17N3O. The van der Waals surface area contributed by atoms with Gasteiger partial charge in [0.15, 0.2) is 0 Å². The van der Waals surface area contributed by atoms with Crippen molar-refractivity contribution in [3.8, 4) is 0 Å². The van der Waals surface area contributed by atoms with E-state index in [0.29, 0.717) is 11.8 Å². The fourth-order valence-corrected chi connectivity index (χ4v) is 3.48. The summed E-state index contributed by atoms with van der Waals surface area (Å²) >= 11 is 0. The number of nitrogens with zero attached hydrogens (tertiary/aromatic N) is 2. The Hall–Kier alpha value is -1.94. The van der Waals surface area contributed by atoms with Crippen molar-refractivity contribution in [1.29, 1.82) is 0 Å². The largest absolute Gasteiger partial charge is 0.338 e. The van der Waals surface area contributed by atoms with Crippen LogP contribution in [0.3, 0.4) is 0 Å². The highest BCUT2D eigenvalue weighted by atomic mass is 16.2. The van der Waals surface area contributed by atoms with Crippen LogP contribution in [0.2, 0.25) is 0 Å². The van der Waals surface area contributed by atoms with Gasteiger partial charge in [-0.3, -0.25) is 9.78 Å². The second-order valence-electron chi connectivity index (χ2n) is 5.76. The molecular weight excluding hydrogens is 250 g/mol. The van der Waals surface area contributed by atoms with E-state index in [1.54, 1.807) is 6.20 Å². The van der Waals surface area contributed by atoms with Gasteiger partial charge in [-0.25, -0.2) is 0 Å². The molecule has 2 aliphatic rings. The number of aromatic nitrogens is 1. The second-order valence-corrected chi connectivity index (χ2v) is 5.76. The van der Waals surface area contributed by atoms with E-state index in [-0.39, 0.29) is 5.91 Å². The monoisotopic (exact) mass is 267 g/mol. The maximum Gasteiger partial charge on any atom is 0.254 e. The van der Waals surface area contributed by atoms with Crippen LogP contribution in [-0.4, -0.2) is 42.0 Å². The smallest absolute Gasteiger partial charge is 0.254 e. The summed E-state index contributed by atoms with van der Waals surface area (Å²) in [5.74, 6) is 1.41. The fraction of sp³-hybridized carbons (Fsp3) is 0.375. The average molecular weight is 267 g/mol. The number of amides is 1. The molecule has 1 amide bonds. The van der Waals surface area contributed by atoms with Gasteiger partial charge in [-0.1, -0.05) is 12.1 Å². The van der Waals surface area contributed by atoms with Crippen molar-refractivity contribution in [1.82, 2.24) is 15.2 Å². The molecule has 20 heavy (non-hydrogen) atoms. The Morgan fingerprint density at radius 2 is 1.95 bits per heavy atom. The van der Waals surface area contributed by atoms with Crippen LogP contribution < -0.4 is 5.32 Å². The van der Waals surface area contributed by atoms with Crippen LogP contribution >= 0.6 is 0 Å². The van der Waals surface area contributed by atoms with Crippen LogP contribution in [0.4, 0.5) is 0 Å². The SMILES string of the molecule is O=C(c1cccc2ncccc12)N1C[C@H]2CNC[C@H]2C1. The number of fused-ring (bicyclic) bond motifs is 2. The molecule has 1 aromatic carbocycles. The standard InChI is InChI=1S/C16H17N3O/c20-16(19-9-11-7-17-8-12(11)10-19)14-3-1-5-15-13(14)4-2-6-18-15/h1-6,11-12,17H,7-10H2/t11-,12+. The lowest BCUT2D eigenvalue weighted by atomic mass is 10.0. The Morgan fingerprint density at radius 1 is 1.15 bits per heavy atom. The minimum Gasteiger partial charge on any atom is -0.338 e. The molecule has 0 unspecified atom stereocenters. The number of hydrogen-bond acceptors (Lipinski definition) is 3. The van der Waals surface area contributed by atoms with Crippen LogP contribution in [-0.2, 0) is 0 Å². The normalized spacial score (nSPS) is 25.1. The zero-order chi connectivity index (χ0) is 13.5. The number of carbonyl (C=O) groups is 1. The third kappa shape index (κ3) is 1.79. The Morgan fingerprint density at radius 3 is 2.75 bits per heavy atom. The van der Waals surface area contributed by atoms with Gasteiger partial charge in [0.1, 0.15) is 0 Å². The lowest BCUT2D eigenvalue weighted by molar-refractivity contribution is 0.0783. The number of carbonyl (C=O) groups excluding carboxylic acids is 1. The van der Waals surface area contributed by atoms with Gasteiger partial charge in [-0.2, -0.15) is 0 Å². The van der Waals surface area contributed by atoms with Crippen molar-refractivity contribution >= 4 is 16.8 Å². The van der Waals surface area contributed by atoms with Gasteiger partial charge in [-0.15, -0.1) is 0 Å². The number of pyridine rings is 1. The van der Waals surface area contributed by atoms with E-state index in [1.807, 2.05) is 35.2 Å². The van der Waals surface area contributed by atoms with Crippen LogP contribution in [0.5, 0.6) is 0 Å². The maximum atomic E-state index is 12.8. The van der Waals surface area contributed by atoms with Crippen LogP contribution in [0, 0.1) is 11.8 Å². The highest BCUT2D eigenvalue weighted by Gasteiger charge is 2.38. The number of hydrogen-bond donors (Lipinski definition) is 1. The molecule has 0 radical (unpaired) electrons. The molecule has 0 saturated carbocycles. The van der Waals surface area contributed by atoms with Gasteiger partial charge < -0.3 is 10.2 Å². The Labute approximate surface area is 117 Å². The van der Waals surface area contributed by atoms with Crippen LogP contribution in [0.25, 0.3) is 10.9 Å². The summed E-state index contributed by atoms with van der Waals surface area (Å²) < 4.78 is 0. The van der Waals surface area contributed by atoms with Crippen molar-refractivity contribution in [3.63, 3.8) is 0 Å². The molecule has 4 nitrogen and oxygen atoms in total. The van der Waals surface area contributed by atoms with Gasteiger partial charge in [0.2, 0.25) is 0 Å². The third-order valence-corrected chi connectivity index (χ3v) is 4.55. The number of likely N-dealkylation sites (tertiary alicyclic amines) is 1. The van der Waals surface area contributed by atoms with Gasteiger partial charge >= 0.3 is 0 Å². The van der Waals surface area contributed by atoms with Crippen molar-refractivity contribution < 1.29 is 4.79 Å². The topological polar surface area (TPSA) is 45.2 Å². The average Bonchev–Trinajstić information content (AvgIpc) is 3.07. The van der Waals surface area contributed by atoms with Crippen molar-refractivity contribution in [2.45, 2.75) is 0 Å². The molecule has 2 aliphatic heterocycles. The van der Waals surface area contributed by atoms with E-state index in [2.05, 4.69) is 10.3 Å². The summed E-state index contributed by atoms with van der Waals surface area (Å²) in [7, 11) is 0. The fourth-order valence-electron chi connectivity index (χ4n) is 3.48. The Kier molecular flexibility index (Phi) is 2.70. The molecule has 4 rings (SSSR count). The van der Waals surface area contributed by atoms with Gasteiger partial charge in [0, 0.05) is 43.3 Å². The predicted octanol–water partition coefficient (Wildman–Crippen LogP) is 1.53. The van der Waals surface area contributed by atoms with Gasteiger partial charge in [0.25, 0.3) is 5.91 Å². The molecule has 4 heteroatoms. The highest BCUT2D eigenvalue weighted by molar-refractivity contribution is 6.06. The first-order valence-corrected chi connectivity index (χ1v) is 7.16. The molecule has 1 aromatic heterocycles. The number of rotatable bonds is 1. The summed E-state index contributed by atoms with van der Waals surface area (Å²) in [5, 5.41) is 4.36. The molecule has 1 N–H and O–H groups in total. The molecule has 3 heterocycles. The molecule has 0 aliphatic carbocycles. The molecule has 2 saturated heterocycles. The summed E-state index contributed by atoms with van der Waals surface area (Å²) in [6, 6.07) is 9.66. The quantitative estimate of drug-likeness (QED) is 0.852. The van der Waals surface area contributed by atoms with Crippen molar-refractivity contribution in [2.75, 3.05) is 26.2 Å². The molecule has 2 atom stereocenters. The second kappa shape index (κ2) is 4.56. The Balaban J connectivity index is 1.68. The van der Waals surface area contributed by atoms with Gasteiger partial charge in [0.05, 0.1) is 5.52 Å². The number of nitrogens with one attached hydrogen (secondary N) is 1. The minimum absolute atomic E-state index is 0.151. The van der Waals surface area contributed by atoms with E-state index in [1.165, 1.54) is 0 Å². The lowest BCUT2D eigenvalue weighted by Crippen LogP contribution is -2.32. The molecule has 2 fully saturated rings. The Bertz CT molecular complexity index is 652. The molecule has 0 spiro atoms. The summed E-state index contributed by atoms with van der Waals surface area (Å²) in [4.78, 5) is 19.1. The van der Waals surface area contributed by atoms with Gasteiger partial charge in [-0.05, 0) is 30.0 Å². The molecule has 0 bridgehead atoms. The van der Waals surface area contributed by atoms with E-state index < -0.39 is 0 Å². The van der Waals surface area contributed by atoms with E-state index in [0.717, 1.165) is 42.6 Å². The zero-order valence-electron chi connectivity index (χ0n) is 11.2. The first-order chi connectivity index (χ1) is 9.83. The van der Waals surface area contributed by atoms with Crippen LogP contribution in [0.15, 0.2) is 36.5 Å². The van der Waals surface area contributed by atoms with Crippen LogP contribution in [0.1, 0.15) is 10.4 Å². The molecule has 102 valence electrons. The van der Waals surface area contributed by atoms with E-state index >= 15 is 0 Å². The first kappa shape index (κ1) is 11.9. The lowest BCUT2D eigenvalue weighted by Gasteiger charge is -2.18. The summed E-state index contributed by atoms with van der Waals surface area (Å²) in [6.07, 6.45) is 1.77. The van der Waals surface area contributed by atoms with Crippen molar-refractivity contribution in [3.05, 3.63) is 42.1 Å². The highest BCUT2D eigenvalue weighted by Crippen LogP contribution is 2.28. The third-order valence-electron chi connectivity index (χ3n) is 4.55. The van der Waals surface area contributed by atoms with Crippen molar-refractivity contribution in [2.24, 2.45) is 11.8 Å². The zero-order valence-corrected chi connectivity index (χ0v) is 11.2. The summed E-state index contributed by atoms with van der Waals surface area (Å²) in [5.41, 5.74) is 1.67. The minimum atomic E-state index is 0.151. The van der Waals surface area contributed by atoms with E-state index in [9.17, 15) is 4.79 Å². The number of benzene rings is 1. The maximum absolute atomic E-state index is 12.8. The molecule has 2 aromatic rings. The van der Waals surface area contributed by atoms with E-state index in [4.69, 9.17) is 0 Å².